The van der Waals surface area contributed by atoms with E-state index < -0.39 is 17.8 Å². The molecule has 216 valence electrons. The second-order valence-corrected chi connectivity index (χ2v) is 10.1. The van der Waals surface area contributed by atoms with Crippen molar-refractivity contribution in [2.75, 3.05) is 6.61 Å². The first-order valence-electron chi connectivity index (χ1n) is 14.6. The van der Waals surface area contributed by atoms with E-state index in [0.29, 0.717) is 17.9 Å². The predicted octanol–water partition coefficient (Wildman–Crippen LogP) is 8.84. The van der Waals surface area contributed by atoms with E-state index in [4.69, 9.17) is 14.6 Å². The number of ether oxygens (including phenoxy) is 2. The number of hydrogen-bond acceptors (Lipinski definition) is 4. The minimum Gasteiger partial charge on any atom is -0.491 e. The van der Waals surface area contributed by atoms with Gasteiger partial charge in [0, 0.05) is 11.5 Å². The number of carboxylic acids is 1. The molecule has 0 spiro atoms. The van der Waals surface area contributed by atoms with Gasteiger partial charge in [-0.1, -0.05) is 101 Å². The highest BCUT2D eigenvalue weighted by molar-refractivity contribution is 5.91. The zero-order chi connectivity index (χ0) is 29.3. The lowest BCUT2D eigenvalue weighted by molar-refractivity contribution is -0.128. The molecule has 0 bridgehead atoms. The molecule has 0 radical (unpaired) electrons. The molecule has 0 atom stereocenters. The maximum absolute atomic E-state index is 14.4. The molecule has 0 aliphatic heterocycles. The summed E-state index contributed by atoms with van der Waals surface area (Å²) in [6.07, 6.45) is 13.7. The van der Waals surface area contributed by atoms with E-state index in [9.17, 15) is 14.0 Å². The van der Waals surface area contributed by atoms with Crippen LogP contribution in [0.25, 0.3) is 11.1 Å². The third-order valence-corrected chi connectivity index (χ3v) is 6.78. The molecule has 0 heterocycles. The Labute approximate surface area is 242 Å². The quantitative estimate of drug-likeness (QED) is 0.0823. The standard InChI is InChI=1S/C35H39FO5/c1-2-3-4-5-6-7-8-9-10-11-12-25-40-33-23-13-27(26-32(33)36)14-24-34(37)41-31-21-19-29(20-22-31)28-15-17-30(18-16-28)35(38)39/h13,15-23,26H,2-12,25H2,1H3,(H,38,39). The first-order valence-corrected chi connectivity index (χ1v) is 14.6. The van der Waals surface area contributed by atoms with Gasteiger partial charge in [0.15, 0.2) is 11.6 Å². The normalized spacial score (nSPS) is 10.5. The average molecular weight is 559 g/mol. The molecule has 0 unspecified atom stereocenters. The lowest BCUT2D eigenvalue weighted by atomic mass is 10.0. The molecule has 3 aromatic carbocycles. The molecule has 41 heavy (non-hydrogen) atoms. The first kappa shape index (κ1) is 31.4. The van der Waals surface area contributed by atoms with Crippen LogP contribution in [0, 0.1) is 17.7 Å². The molecule has 0 aromatic heterocycles. The molecule has 0 fully saturated rings. The maximum Gasteiger partial charge on any atom is 0.390 e. The van der Waals surface area contributed by atoms with Crippen molar-refractivity contribution in [2.24, 2.45) is 0 Å². The molecular weight excluding hydrogens is 519 g/mol. The largest absolute Gasteiger partial charge is 0.491 e. The van der Waals surface area contributed by atoms with Gasteiger partial charge in [-0.15, -0.1) is 0 Å². The van der Waals surface area contributed by atoms with Gasteiger partial charge in [-0.2, -0.15) is 0 Å². The summed E-state index contributed by atoms with van der Waals surface area (Å²) < 4.78 is 25.3. The van der Waals surface area contributed by atoms with Gasteiger partial charge >= 0.3 is 11.9 Å². The summed E-state index contributed by atoms with van der Waals surface area (Å²) in [7, 11) is 0. The van der Waals surface area contributed by atoms with Crippen molar-refractivity contribution in [3.8, 4) is 34.5 Å². The van der Waals surface area contributed by atoms with Crippen LogP contribution in [-0.2, 0) is 4.79 Å². The lowest BCUT2D eigenvalue weighted by Gasteiger charge is -2.07. The third-order valence-electron chi connectivity index (χ3n) is 6.78. The smallest absolute Gasteiger partial charge is 0.390 e. The summed E-state index contributed by atoms with van der Waals surface area (Å²) in [5, 5.41) is 9.02. The van der Waals surface area contributed by atoms with Gasteiger partial charge in [0.2, 0.25) is 0 Å². The molecule has 6 heteroatoms. The number of unbranched alkanes of at least 4 members (excludes halogenated alkanes) is 10. The van der Waals surface area contributed by atoms with Crippen LogP contribution < -0.4 is 9.47 Å². The fourth-order valence-corrected chi connectivity index (χ4v) is 4.42. The van der Waals surface area contributed by atoms with E-state index in [0.717, 1.165) is 24.0 Å². The summed E-state index contributed by atoms with van der Waals surface area (Å²) in [6.45, 7) is 2.71. The van der Waals surface area contributed by atoms with Gasteiger partial charge in [0.05, 0.1) is 12.2 Å². The predicted molar refractivity (Wildman–Crippen MR) is 160 cm³/mol. The number of benzene rings is 3. The zero-order valence-electron chi connectivity index (χ0n) is 23.8. The molecule has 0 aliphatic carbocycles. The third kappa shape index (κ3) is 11.5. The van der Waals surface area contributed by atoms with E-state index in [1.54, 1.807) is 42.5 Å². The molecule has 0 saturated carbocycles. The topological polar surface area (TPSA) is 72.8 Å². The number of aromatic carboxylic acids is 1. The maximum atomic E-state index is 14.4. The Bertz CT molecular complexity index is 1300. The molecule has 3 aromatic rings. The molecule has 0 saturated heterocycles. The summed E-state index contributed by atoms with van der Waals surface area (Å²) in [6, 6.07) is 17.7. The van der Waals surface area contributed by atoms with Crippen LogP contribution in [0.2, 0.25) is 0 Å². The van der Waals surface area contributed by atoms with Gasteiger partial charge in [0.1, 0.15) is 5.75 Å². The van der Waals surface area contributed by atoms with Crippen molar-refractivity contribution in [2.45, 2.75) is 77.6 Å². The number of carboxylic acid groups (broad SMARTS) is 1. The van der Waals surface area contributed by atoms with Crippen molar-refractivity contribution in [1.29, 1.82) is 0 Å². The SMILES string of the molecule is CCCCCCCCCCCCCOc1ccc(C#CC(=O)Oc2ccc(-c3ccc(C(=O)O)cc3)cc2)cc1F. The Hall–Kier alpha value is -4.11. The van der Waals surface area contributed by atoms with E-state index in [1.807, 2.05) is 0 Å². The Kier molecular flexibility index (Phi) is 13.5. The van der Waals surface area contributed by atoms with Gasteiger partial charge < -0.3 is 14.6 Å². The van der Waals surface area contributed by atoms with E-state index in [-0.39, 0.29) is 11.3 Å². The highest BCUT2D eigenvalue weighted by atomic mass is 19.1. The lowest BCUT2D eigenvalue weighted by Crippen LogP contribution is -2.04. The average Bonchev–Trinajstić information content (AvgIpc) is 2.98. The van der Waals surface area contributed by atoms with Gasteiger partial charge in [-0.05, 0) is 60.0 Å². The fraction of sp³-hybridized carbons (Fsp3) is 0.371. The number of halogens is 1. The summed E-state index contributed by atoms with van der Waals surface area (Å²) in [5.74, 6) is 3.24. The monoisotopic (exact) mass is 558 g/mol. The summed E-state index contributed by atoms with van der Waals surface area (Å²) >= 11 is 0. The van der Waals surface area contributed by atoms with Crippen molar-refractivity contribution in [1.82, 2.24) is 0 Å². The molecule has 5 nitrogen and oxygen atoms in total. The zero-order valence-corrected chi connectivity index (χ0v) is 23.8. The Morgan fingerprint density at radius 2 is 1.32 bits per heavy atom. The molecule has 1 N–H and O–H groups in total. The minimum absolute atomic E-state index is 0.183. The van der Waals surface area contributed by atoms with E-state index >= 15 is 0 Å². The second kappa shape index (κ2) is 17.6. The van der Waals surface area contributed by atoms with Gasteiger partial charge in [-0.25, -0.2) is 14.0 Å². The van der Waals surface area contributed by atoms with Gasteiger partial charge in [0.25, 0.3) is 0 Å². The Balaban J connectivity index is 1.36. The number of carbonyl (C=O) groups excluding carboxylic acids is 1. The molecule has 0 amide bonds. The van der Waals surface area contributed by atoms with Crippen LogP contribution in [0.1, 0.15) is 93.5 Å². The minimum atomic E-state index is -0.984. The molecule has 0 aliphatic rings. The highest BCUT2D eigenvalue weighted by Crippen LogP contribution is 2.23. The number of rotatable bonds is 16. The van der Waals surface area contributed by atoms with Crippen molar-refractivity contribution in [3.63, 3.8) is 0 Å². The Morgan fingerprint density at radius 1 is 0.756 bits per heavy atom. The van der Waals surface area contributed by atoms with Crippen molar-refractivity contribution < 1.29 is 28.6 Å². The van der Waals surface area contributed by atoms with Crippen LogP contribution in [0.15, 0.2) is 66.7 Å². The van der Waals surface area contributed by atoms with E-state index in [2.05, 4.69) is 18.8 Å². The Morgan fingerprint density at radius 3 is 1.88 bits per heavy atom. The molecule has 3 rings (SSSR count). The summed E-state index contributed by atoms with van der Waals surface area (Å²) in [5.41, 5.74) is 2.23. The highest BCUT2D eigenvalue weighted by Gasteiger charge is 2.07. The van der Waals surface area contributed by atoms with Crippen LogP contribution >= 0.6 is 0 Å². The summed E-state index contributed by atoms with van der Waals surface area (Å²) in [4.78, 5) is 23.2. The fourth-order valence-electron chi connectivity index (χ4n) is 4.42. The van der Waals surface area contributed by atoms with Crippen molar-refractivity contribution >= 4 is 11.9 Å². The van der Waals surface area contributed by atoms with E-state index in [1.165, 1.54) is 82.1 Å². The first-order chi connectivity index (χ1) is 20.0. The number of esters is 1. The van der Waals surface area contributed by atoms with Gasteiger partial charge in [-0.3, -0.25) is 0 Å². The number of hydrogen-bond donors (Lipinski definition) is 1. The van der Waals surface area contributed by atoms with Crippen LogP contribution in [0.5, 0.6) is 11.5 Å². The number of carbonyl (C=O) groups is 2. The van der Waals surface area contributed by atoms with Crippen LogP contribution in [0.3, 0.4) is 0 Å². The second-order valence-electron chi connectivity index (χ2n) is 10.1. The van der Waals surface area contributed by atoms with Crippen LogP contribution in [0.4, 0.5) is 4.39 Å². The van der Waals surface area contributed by atoms with Crippen LogP contribution in [-0.4, -0.2) is 23.7 Å². The molecular formula is C35H39FO5. The van der Waals surface area contributed by atoms with Crippen molar-refractivity contribution in [3.05, 3.63) is 83.7 Å².